The Hall–Kier alpha value is -2.98. The molecule has 0 aliphatic heterocycles. The molecule has 0 heterocycles. The Labute approximate surface area is 258 Å². The Morgan fingerprint density at radius 1 is 0.976 bits per heavy atom. The van der Waals surface area contributed by atoms with Gasteiger partial charge in [0.15, 0.2) is 0 Å². The third kappa shape index (κ3) is 10.1. The van der Waals surface area contributed by atoms with E-state index in [2.05, 4.69) is 21.2 Å². The zero-order chi connectivity index (χ0) is 30.2. The molecule has 41 heavy (non-hydrogen) atoms. The van der Waals surface area contributed by atoms with Crippen molar-refractivity contribution in [3.63, 3.8) is 0 Å². The predicted molar refractivity (Wildman–Crippen MR) is 161 cm³/mol. The number of hydrogen-bond acceptors (Lipinski definition) is 7. The van der Waals surface area contributed by atoms with Gasteiger partial charge in [0.2, 0.25) is 0 Å². The van der Waals surface area contributed by atoms with E-state index >= 15 is 0 Å². The molecular weight excluding hydrogens is 637 g/mol. The molecule has 0 aromatic heterocycles. The van der Waals surface area contributed by atoms with Crippen LogP contribution < -0.4 is 14.8 Å². The van der Waals surface area contributed by atoms with Crippen molar-refractivity contribution in [2.45, 2.75) is 51.5 Å². The number of rotatable bonds is 11. The number of carbonyl (C=O) groups excluding carboxylic acids is 2. The standard InChI is InChI=1S/C30H32BrCl2NO7/c1-30(2,3)41-29(37)34-25(28(36)38-4)15-18-6-12-26(22(31)13-18)40-27(16-35)20-7-9-21(10-8-20)39-17-19-5-11-23(32)24(33)14-19/h5-14,25,27,35H,15-17H2,1-4H3,(H,34,37)/t25?,27-/m1/s1. The Morgan fingerprint density at radius 3 is 2.24 bits per heavy atom. The van der Waals surface area contributed by atoms with E-state index in [9.17, 15) is 14.7 Å². The van der Waals surface area contributed by atoms with Crippen LogP contribution in [0.4, 0.5) is 4.79 Å². The second-order valence-corrected chi connectivity index (χ2v) is 11.8. The molecule has 1 unspecified atom stereocenters. The highest BCUT2D eigenvalue weighted by atomic mass is 79.9. The molecule has 0 fully saturated rings. The second-order valence-electron chi connectivity index (χ2n) is 10.1. The van der Waals surface area contributed by atoms with Crippen molar-refractivity contribution in [1.82, 2.24) is 5.32 Å². The van der Waals surface area contributed by atoms with Crippen LogP contribution in [0.15, 0.2) is 65.1 Å². The maximum atomic E-state index is 12.3. The van der Waals surface area contributed by atoms with Crippen molar-refractivity contribution in [2.24, 2.45) is 0 Å². The van der Waals surface area contributed by atoms with Gasteiger partial charge in [0.25, 0.3) is 0 Å². The SMILES string of the molecule is COC(=O)C(Cc1ccc(O[C@H](CO)c2ccc(OCc3ccc(Cl)c(Cl)c3)cc2)c(Br)c1)NC(=O)OC(C)(C)C. The predicted octanol–water partition coefficient (Wildman–Crippen LogP) is 7.06. The number of methoxy groups -OCH3 is 1. The average Bonchev–Trinajstić information content (AvgIpc) is 2.92. The van der Waals surface area contributed by atoms with E-state index in [4.69, 9.17) is 42.1 Å². The third-order valence-corrected chi connectivity index (χ3v) is 7.05. The van der Waals surface area contributed by atoms with Gasteiger partial charge in [-0.15, -0.1) is 0 Å². The number of alkyl carbamates (subject to hydrolysis) is 1. The van der Waals surface area contributed by atoms with Crippen LogP contribution in [0.5, 0.6) is 11.5 Å². The van der Waals surface area contributed by atoms with E-state index in [1.807, 2.05) is 18.2 Å². The van der Waals surface area contributed by atoms with Crippen molar-refractivity contribution in [2.75, 3.05) is 13.7 Å². The molecule has 0 radical (unpaired) electrons. The van der Waals surface area contributed by atoms with Crippen molar-refractivity contribution in [1.29, 1.82) is 0 Å². The molecule has 0 spiro atoms. The first kappa shape index (κ1) is 32.5. The monoisotopic (exact) mass is 667 g/mol. The van der Waals surface area contributed by atoms with E-state index in [-0.39, 0.29) is 13.0 Å². The molecule has 0 bridgehead atoms. The number of nitrogens with one attached hydrogen (secondary N) is 1. The molecular formula is C30H32BrCl2NO7. The summed E-state index contributed by atoms with van der Waals surface area (Å²) in [4.78, 5) is 24.5. The highest BCUT2D eigenvalue weighted by Crippen LogP contribution is 2.31. The summed E-state index contributed by atoms with van der Waals surface area (Å²) >= 11 is 15.5. The molecule has 11 heteroatoms. The molecule has 3 rings (SSSR count). The number of carbonyl (C=O) groups is 2. The second kappa shape index (κ2) is 14.8. The number of amides is 1. The maximum absolute atomic E-state index is 12.3. The molecule has 1 amide bonds. The van der Waals surface area contributed by atoms with Crippen LogP contribution in [-0.2, 0) is 27.3 Å². The maximum Gasteiger partial charge on any atom is 0.408 e. The molecule has 2 N–H and O–H groups in total. The summed E-state index contributed by atoms with van der Waals surface area (Å²) in [6, 6.07) is 16.8. The average molecular weight is 669 g/mol. The zero-order valence-electron chi connectivity index (χ0n) is 23.1. The molecule has 0 saturated heterocycles. The number of esters is 1. The third-order valence-electron chi connectivity index (χ3n) is 5.69. The van der Waals surface area contributed by atoms with E-state index < -0.39 is 29.8 Å². The lowest BCUT2D eigenvalue weighted by molar-refractivity contribution is -0.143. The van der Waals surface area contributed by atoms with E-state index in [0.29, 0.717) is 32.6 Å². The van der Waals surface area contributed by atoms with Gasteiger partial charge in [-0.1, -0.05) is 47.5 Å². The number of hydrogen-bond donors (Lipinski definition) is 2. The summed E-state index contributed by atoms with van der Waals surface area (Å²) < 4.78 is 22.6. The van der Waals surface area contributed by atoms with Crippen LogP contribution in [-0.4, -0.2) is 42.5 Å². The number of ether oxygens (including phenoxy) is 4. The molecule has 220 valence electrons. The molecule has 0 aliphatic carbocycles. The number of halogens is 3. The summed E-state index contributed by atoms with van der Waals surface area (Å²) in [5, 5.41) is 13.5. The summed E-state index contributed by atoms with van der Waals surface area (Å²) in [7, 11) is 1.25. The fraction of sp³-hybridized carbons (Fsp3) is 0.333. The van der Waals surface area contributed by atoms with Crippen LogP contribution in [0, 0.1) is 0 Å². The fourth-order valence-corrected chi connectivity index (χ4v) is 4.57. The van der Waals surface area contributed by atoms with E-state index in [1.54, 1.807) is 63.2 Å². The number of benzene rings is 3. The molecule has 3 aromatic rings. The summed E-state index contributed by atoms with van der Waals surface area (Å²) in [6.45, 7) is 5.26. The normalized spacial score (nSPS) is 12.7. The van der Waals surface area contributed by atoms with Crippen LogP contribution in [0.3, 0.4) is 0 Å². The van der Waals surface area contributed by atoms with Crippen molar-refractivity contribution in [3.05, 3.63) is 91.9 Å². The molecule has 2 atom stereocenters. The van der Waals surface area contributed by atoms with Crippen molar-refractivity contribution in [3.8, 4) is 11.5 Å². The highest BCUT2D eigenvalue weighted by Gasteiger charge is 2.26. The number of aliphatic hydroxyl groups is 1. The largest absolute Gasteiger partial charge is 0.489 e. The Morgan fingerprint density at radius 2 is 1.66 bits per heavy atom. The number of aliphatic hydroxyl groups excluding tert-OH is 1. The Kier molecular flexibility index (Phi) is 11.7. The van der Waals surface area contributed by atoms with Gasteiger partial charge >= 0.3 is 12.1 Å². The van der Waals surface area contributed by atoms with Crippen molar-refractivity contribution < 1.29 is 33.6 Å². The van der Waals surface area contributed by atoms with Gasteiger partial charge in [-0.25, -0.2) is 9.59 Å². The molecule has 8 nitrogen and oxygen atoms in total. The summed E-state index contributed by atoms with van der Waals surface area (Å²) in [6.07, 6.45) is -1.20. The lowest BCUT2D eigenvalue weighted by Crippen LogP contribution is -2.45. The van der Waals surface area contributed by atoms with E-state index in [0.717, 1.165) is 16.7 Å². The first-order chi connectivity index (χ1) is 19.4. The quantitative estimate of drug-likeness (QED) is 0.211. The first-order valence-electron chi connectivity index (χ1n) is 12.7. The minimum atomic E-state index is -0.948. The molecule has 0 aliphatic rings. The summed E-state index contributed by atoms with van der Waals surface area (Å²) in [5.74, 6) is 0.529. The highest BCUT2D eigenvalue weighted by molar-refractivity contribution is 9.10. The van der Waals surface area contributed by atoms with Crippen molar-refractivity contribution >= 4 is 51.2 Å². The zero-order valence-corrected chi connectivity index (χ0v) is 26.2. The Bertz CT molecular complexity index is 1350. The lowest BCUT2D eigenvalue weighted by atomic mass is 10.1. The first-order valence-corrected chi connectivity index (χ1v) is 14.2. The molecule has 3 aromatic carbocycles. The topological polar surface area (TPSA) is 103 Å². The Balaban J connectivity index is 1.64. The van der Waals surface area contributed by atoms with Crippen LogP contribution in [0.1, 0.15) is 43.6 Å². The lowest BCUT2D eigenvalue weighted by Gasteiger charge is -2.23. The van der Waals surface area contributed by atoms with Gasteiger partial charge in [-0.05, 0) is 89.8 Å². The van der Waals surface area contributed by atoms with Gasteiger partial charge in [-0.2, -0.15) is 0 Å². The van der Waals surface area contributed by atoms with Crippen LogP contribution in [0.25, 0.3) is 0 Å². The van der Waals surface area contributed by atoms with Crippen LogP contribution in [0.2, 0.25) is 10.0 Å². The smallest absolute Gasteiger partial charge is 0.408 e. The minimum Gasteiger partial charge on any atom is -0.489 e. The van der Waals surface area contributed by atoms with Gasteiger partial charge in [0.05, 0.1) is 28.2 Å². The van der Waals surface area contributed by atoms with Gasteiger partial charge in [0, 0.05) is 6.42 Å². The van der Waals surface area contributed by atoms with Crippen LogP contribution >= 0.6 is 39.1 Å². The summed E-state index contributed by atoms with van der Waals surface area (Å²) in [5.41, 5.74) is 1.65. The van der Waals surface area contributed by atoms with E-state index in [1.165, 1.54) is 7.11 Å². The molecule has 0 saturated carbocycles. The minimum absolute atomic E-state index is 0.165. The van der Waals surface area contributed by atoms with Gasteiger partial charge in [0.1, 0.15) is 35.9 Å². The van der Waals surface area contributed by atoms with Gasteiger partial charge < -0.3 is 29.4 Å². The van der Waals surface area contributed by atoms with Gasteiger partial charge in [-0.3, -0.25) is 0 Å². The fourth-order valence-electron chi connectivity index (χ4n) is 3.73.